The second-order valence-corrected chi connectivity index (χ2v) is 2.58. The molecule has 1 aromatic heterocycles. The number of aromatic nitrogens is 1. The number of carbonyl (C=O) groups excluding carboxylic acids is 1. The molecular formula is C8H8F2N2O2. The molecule has 0 bridgehead atoms. The van der Waals surface area contributed by atoms with Crippen LogP contribution in [0.5, 0.6) is 5.88 Å². The Morgan fingerprint density at radius 2 is 2.21 bits per heavy atom. The number of amides is 1. The number of hydrogen-bond acceptors (Lipinski definition) is 3. The summed E-state index contributed by atoms with van der Waals surface area (Å²) >= 11 is 0. The summed E-state index contributed by atoms with van der Waals surface area (Å²) in [5.41, 5.74) is 5.45. The van der Waals surface area contributed by atoms with Crippen molar-refractivity contribution in [2.24, 2.45) is 5.73 Å². The molecule has 0 aliphatic carbocycles. The van der Waals surface area contributed by atoms with E-state index in [4.69, 9.17) is 5.73 Å². The number of aryl methyl sites for hydroxylation is 1. The monoisotopic (exact) mass is 202 g/mol. The zero-order chi connectivity index (χ0) is 10.7. The second-order valence-electron chi connectivity index (χ2n) is 2.58. The Labute approximate surface area is 78.7 Å². The van der Waals surface area contributed by atoms with Crippen LogP contribution in [0.2, 0.25) is 0 Å². The van der Waals surface area contributed by atoms with E-state index >= 15 is 0 Å². The Morgan fingerprint density at radius 3 is 2.71 bits per heavy atom. The standard InChI is InChI=1S/C8H8F2N2O2/c1-4-2-5(7(11)13)3-6(12-4)14-8(9)10/h2-3,8H,1H3,(H2,11,13). The molecule has 0 spiro atoms. The van der Waals surface area contributed by atoms with Gasteiger partial charge in [-0.1, -0.05) is 0 Å². The summed E-state index contributed by atoms with van der Waals surface area (Å²) in [7, 11) is 0. The fourth-order valence-corrected chi connectivity index (χ4v) is 0.932. The van der Waals surface area contributed by atoms with Crippen molar-refractivity contribution in [1.82, 2.24) is 4.98 Å². The van der Waals surface area contributed by atoms with E-state index in [2.05, 4.69) is 9.72 Å². The Balaban J connectivity index is 3.01. The van der Waals surface area contributed by atoms with Crippen LogP contribution in [0.3, 0.4) is 0 Å². The molecule has 1 heterocycles. The largest absolute Gasteiger partial charge is 0.417 e. The highest BCUT2D eigenvalue weighted by molar-refractivity contribution is 5.93. The van der Waals surface area contributed by atoms with Crippen LogP contribution in [0, 0.1) is 6.92 Å². The maximum absolute atomic E-state index is 11.8. The van der Waals surface area contributed by atoms with Gasteiger partial charge < -0.3 is 10.5 Å². The van der Waals surface area contributed by atoms with Crippen LogP contribution >= 0.6 is 0 Å². The molecule has 76 valence electrons. The minimum atomic E-state index is -2.97. The van der Waals surface area contributed by atoms with Crippen LogP contribution in [0.4, 0.5) is 8.78 Å². The lowest BCUT2D eigenvalue weighted by Gasteiger charge is -2.05. The van der Waals surface area contributed by atoms with Gasteiger partial charge >= 0.3 is 6.61 Å². The molecule has 0 saturated carbocycles. The van der Waals surface area contributed by atoms with E-state index in [0.29, 0.717) is 5.69 Å². The van der Waals surface area contributed by atoms with Crippen LogP contribution < -0.4 is 10.5 Å². The summed E-state index contributed by atoms with van der Waals surface area (Å²) < 4.78 is 27.6. The molecule has 0 aliphatic heterocycles. The fourth-order valence-electron chi connectivity index (χ4n) is 0.932. The van der Waals surface area contributed by atoms with Gasteiger partial charge in [0.25, 0.3) is 0 Å². The number of halogens is 2. The van der Waals surface area contributed by atoms with Crippen molar-refractivity contribution in [2.45, 2.75) is 13.5 Å². The molecule has 0 radical (unpaired) electrons. The molecule has 14 heavy (non-hydrogen) atoms. The average molecular weight is 202 g/mol. The maximum atomic E-state index is 11.8. The Morgan fingerprint density at radius 1 is 1.57 bits per heavy atom. The van der Waals surface area contributed by atoms with Crippen molar-refractivity contribution in [3.05, 3.63) is 23.4 Å². The summed E-state index contributed by atoms with van der Waals surface area (Å²) in [6.07, 6.45) is 0. The van der Waals surface area contributed by atoms with Crippen molar-refractivity contribution in [2.75, 3.05) is 0 Å². The fraction of sp³-hybridized carbons (Fsp3) is 0.250. The van der Waals surface area contributed by atoms with E-state index in [1.165, 1.54) is 6.07 Å². The molecule has 2 N–H and O–H groups in total. The van der Waals surface area contributed by atoms with Gasteiger partial charge in [0.15, 0.2) is 0 Å². The summed E-state index contributed by atoms with van der Waals surface area (Å²) in [6.45, 7) is -1.42. The van der Waals surface area contributed by atoms with Gasteiger partial charge in [-0.25, -0.2) is 4.98 Å². The highest BCUT2D eigenvalue weighted by atomic mass is 19.3. The minimum absolute atomic E-state index is 0.0909. The third kappa shape index (κ3) is 2.65. The predicted molar refractivity (Wildman–Crippen MR) is 44.1 cm³/mol. The quantitative estimate of drug-likeness (QED) is 0.797. The number of rotatable bonds is 3. The summed E-state index contributed by atoms with van der Waals surface area (Å²) in [6, 6.07) is 2.46. The van der Waals surface area contributed by atoms with E-state index in [1.54, 1.807) is 6.92 Å². The molecule has 0 unspecified atom stereocenters. The molecule has 0 aromatic carbocycles. The summed E-state index contributed by atoms with van der Waals surface area (Å²) in [5.74, 6) is -1.02. The Bertz CT molecular complexity index is 355. The molecule has 1 aromatic rings. The molecule has 6 heteroatoms. The third-order valence-corrected chi connectivity index (χ3v) is 1.42. The first-order valence-electron chi connectivity index (χ1n) is 3.72. The summed E-state index contributed by atoms with van der Waals surface area (Å²) in [4.78, 5) is 14.4. The molecule has 0 fully saturated rings. The van der Waals surface area contributed by atoms with Crippen LogP contribution in [0.15, 0.2) is 12.1 Å². The first-order valence-corrected chi connectivity index (χ1v) is 3.72. The molecule has 1 amide bonds. The first-order chi connectivity index (χ1) is 6.49. The van der Waals surface area contributed by atoms with E-state index in [9.17, 15) is 13.6 Å². The summed E-state index contributed by atoms with van der Waals surface area (Å²) in [5, 5.41) is 0. The Hall–Kier alpha value is -1.72. The highest BCUT2D eigenvalue weighted by Crippen LogP contribution is 2.14. The van der Waals surface area contributed by atoms with Crippen molar-refractivity contribution in [3.8, 4) is 5.88 Å². The third-order valence-electron chi connectivity index (χ3n) is 1.42. The number of pyridine rings is 1. The maximum Gasteiger partial charge on any atom is 0.388 e. The molecule has 0 saturated heterocycles. The number of primary amides is 1. The molecular weight excluding hydrogens is 194 g/mol. The van der Waals surface area contributed by atoms with E-state index in [1.807, 2.05) is 0 Å². The average Bonchev–Trinajstić information content (AvgIpc) is 2.01. The predicted octanol–water partition coefficient (Wildman–Crippen LogP) is 1.09. The van der Waals surface area contributed by atoms with Crippen LogP contribution in [0.1, 0.15) is 16.1 Å². The molecule has 0 aliphatic rings. The number of nitrogens with zero attached hydrogens (tertiary/aromatic N) is 1. The normalized spacial score (nSPS) is 10.3. The number of nitrogens with two attached hydrogens (primary N) is 1. The van der Waals surface area contributed by atoms with Crippen molar-refractivity contribution < 1.29 is 18.3 Å². The minimum Gasteiger partial charge on any atom is -0.417 e. The molecule has 1 rings (SSSR count). The zero-order valence-electron chi connectivity index (χ0n) is 7.33. The zero-order valence-corrected chi connectivity index (χ0v) is 7.33. The van der Waals surface area contributed by atoms with Gasteiger partial charge in [-0.15, -0.1) is 0 Å². The second kappa shape index (κ2) is 3.99. The lowest BCUT2D eigenvalue weighted by molar-refractivity contribution is -0.0529. The van der Waals surface area contributed by atoms with E-state index in [0.717, 1.165) is 6.07 Å². The molecule has 4 nitrogen and oxygen atoms in total. The van der Waals surface area contributed by atoms with E-state index in [-0.39, 0.29) is 11.4 Å². The van der Waals surface area contributed by atoms with Gasteiger partial charge in [-0.3, -0.25) is 4.79 Å². The number of hydrogen-bond donors (Lipinski definition) is 1. The topological polar surface area (TPSA) is 65.2 Å². The van der Waals surface area contributed by atoms with E-state index < -0.39 is 12.5 Å². The van der Waals surface area contributed by atoms with Crippen LogP contribution in [-0.2, 0) is 0 Å². The van der Waals surface area contributed by atoms with Gasteiger partial charge in [0.1, 0.15) is 0 Å². The van der Waals surface area contributed by atoms with Gasteiger partial charge in [0, 0.05) is 17.3 Å². The van der Waals surface area contributed by atoms with Crippen LogP contribution in [-0.4, -0.2) is 17.5 Å². The van der Waals surface area contributed by atoms with Gasteiger partial charge in [0.05, 0.1) is 0 Å². The van der Waals surface area contributed by atoms with Gasteiger partial charge in [-0.2, -0.15) is 8.78 Å². The van der Waals surface area contributed by atoms with Gasteiger partial charge in [0.2, 0.25) is 11.8 Å². The molecule has 0 atom stereocenters. The van der Waals surface area contributed by atoms with Crippen molar-refractivity contribution >= 4 is 5.91 Å². The lowest BCUT2D eigenvalue weighted by Crippen LogP contribution is -2.13. The smallest absolute Gasteiger partial charge is 0.388 e. The number of alkyl halides is 2. The number of carbonyl (C=O) groups is 1. The van der Waals surface area contributed by atoms with Gasteiger partial charge in [-0.05, 0) is 13.0 Å². The first kappa shape index (κ1) is 10.4. The van der Waals surface area contributed by atoms with Crippen molar-refractivity contribution in [1.29, 1.82) is 0 Å². The number of ether oxygens (including phenoxy) is 1. The lowest BCUT2D eigenvalue weighted by atomic mass is 10.2. The Kier molecular flexibility index (Phi) is 2.95. The van der Waals surface area contributed by atoms with Crippen LogP contribution in [0.25, 0.3) is 0 Å². The highest BCUT2D eigenvalue weighted by Gasteiger charge is 2.09. The SMILES string of the molecule is Cc1cc(C(N)=O)cc(OC(F)F)n1. The van der Waals surface area contributed by atoms with Crippen molar-refractivity contribution in [3.63, 3.8) is 0 Å².